The summed E-state index contributed by atoms with van der Waals surface area (Å²) in [7, 11) is 0. The minimum atomic E-state index is -0.739. The Morgan fingerprint density at radius 3 is 2.42 bits per heavy atom. The molecule has 0 bridgehead atoms. The summed E-state index contributed by atoms with van der Waals surface area (Å²) in [4.78, 5) is 12.6. The number of pyridine rings is 1. The molecule has 3 heterocycles. The lowest BCUT2D eigenvalue weighted by atomic mass is 10.1. The quantitative estimate of drug-likeness (QED) is 0.311. The van der Waals surface area contributed by atoms with Crippen molar-refractivity contribution in [3.05, 3.63) is 89.6 Å². The van der Waals surface area contributed by atoms with Gasteiger partial charge >= 0.3 is 0 Å². The average molecular weight is 490 g/mol. The van der Waals surface area contributed by atoms with Gasteiger partial charge in [0.15, 0.2) is 17.5 Å². The molecule has 36 heavy (non-hydrogen) atoms. The van der Waals surface area contributed by atoms with Crippen LogP contribution < -0.4 is 10.1 Å². The van der Waals surface area contributed by atoms with Crippen LogP contribution in [-0.2, 0) is 6.54 Å². The molecule has 0 saturated heterocycles. The molecule has 5 aromatic rings. The van der Waals surface area contributed by atoms with Crippen LogP contribution in [-0.4, -0.2) is 31.3 Å². The molecule has 1 N–H and O–H groups in total. The highest BCUT2D eigenvalue weighted by Crippen LogP contribution is 2.30. The Morgan fingerprint density at radius 2 is 1.69 bits per heavy atom. The zero-order valence-electron chi connectivity index (χ0n) is 19.5. The third-order valence-electron chi connectivity index (χ3n) is 5.56. The van der Waals surface area contributed by atoms with E-state index in [1.54, 1.807) is 49.6 Å². The van der Waals surface area contributed by atoms with Crippen molar-refractivity contribution in [2.75, 3.05) is 11.9 Å². The van der Waals surface area contributed by atoms with Gasteiger partial charge in [-0.25, -0.2) is 23.1 Å². The summed E-state index contributed by atoms with van der Waals surface area (Å²) in [5, 5.41) is 8.18. The maximum absolute atomic E-state index is 14.8. The molecule has 0 fully saturated rings. The number of para-hydroxylation sites is 1. The van der Waals surface area contributed by atoms with Gasteiger partial charge in [-0.05, 0) is 32.0 Å². The van der Waals surface area contributed by atoms with Crippen LogP contribution in [0.25, 0.3) is 22.4 Å². The molecule has 0 aliphatic carbocycles. The summed E-state index contributed by atoms with van der Waals surface area (Å²) >= 11 is 0. The zero-order valence-corrected chi connectivity index (χ0v) is 19.5. The second-order valence-corrected chi connectivity index (χ2v) is 7.98. The van der Waals surface area contributed by atoms with Crippen molar-refractivity contribution in [3.63, 3.8) is 0 Å². The van der Waals surface area contributed by atoms with E-state index in [4.69, 9.17) is 4.74 Å². The van der Waals surface area contributed by atoms with Crippen LogP contribution in [0.1, 0.15) is 18.2 Å². The fourth-order valence-electron chi connectivity index (χ4n) is 3.86. The van der Waals surface area contributed by atoms with Crippen molar-refractivity contribution < 1.29 is 17.9 Å². The highest BCUT2D eigenvalue weighted by Gasteiger charge is 2.21. The third-order valence-corrected chi connectivity index (χ3v) is 5.56. The number of benzene rings is 2. The summed E-state index contributed by atoms with van der Waals surface area (Å²) in [5.41, 5.74) is 1.55. The smallest absolute Gasteiger partial charge is 0.187 e. The van der Waals surface area contributed by atoms with Crippen LogP contribution in [0, 0.1) is 24.4 Å². The Bertz CT molecular complexity index is 1530. The van der Waals surface area contributed by atoms with Crippen LogP contribution in [0.2, 0.25) is 0 Å². The van der Waals surface area contributed by atoms with Gasteiger partial charge in [-0.15, -0.1) is 0 Å². The molecule has 10 heteroatoms. The average Bonchev–Trinajstić information content (AvgIpc) is 3.23. The number of hydrogen-bond acceptors (Lipinski definition) is 6. The van der Waals surface area contributed by atoms with E-state index in [0.29, 0.717) is 28.9 Å². The molecule has 0 aliphatic rings. The van der Waals surface area contributed by atoms with Gasteiger partial charge in [-0.2, -0.15) is 5.10 Å². The summed E-state index contributed by atoms with van der Waals surface area (Å²) in [6.07, 6.45) is 3.15. The SMILES string of the molecule is CCOc1cc(F)c(Cn2nc(-c3nc(C)c(F)c(Nc4ccncc4)n3)c3ccccc32)c(F)c1. The molecule has 7 nitrogen and oxygen atoms in total. The van der Waals surface area contributed by atoms with Gasteiger partial charge < -0.3 is 10.1 Å². The summed E-state index contributed by atoms with van der Waals surface area (Å²) < 4.78 is 51.1. The molecular weight excluding hydrogens is 469 g/mol. The first-order valence-corrected chi connectivity index (χ1v) is 11.2. The fraction of sp³-hybridized carbons (Fsp3) is 0.154. The lowest BCUT2D eigenvalue weighted by Crippen LogP contribution is -2.08. The maximum Gasteiger partial charge on any atom is 0.187 e. The molecular formula is C26H21F3N6O. The van der Waals surface area contributed by atoms with E-state index in [1.807, 2.05) is 6.07 Å². The number of aryl methyl sites for hydroxylation is 1. The van der Waals surface area contributed by atoms with E-state index < -0.39 is 17.5 Å². The van der Waals surface area contributed by atoms with Crippen LogP contribution >= 0.6 is 0 Å². The van der Waals surface area contributed by atoms with Gasteiger partial charge in [0.05, 0.1) is 24.4 Å². The predicted octanol–water partition coefficient (Wildman–Crippen LogP) is 5.80. The molecule has 5 rings (SSSR count). The van der Waals surface area contributed by atoms with Crippen molar-refractivity contribution in [1.82, 2.24) is 24.7 Å². The van der Waals surface area contributed by atoms with Crippen molar-refractivity contribution in [1.29, 1.82) is 0 Å². The van der Waals surface area contributed by atoms with E-state index in [0.717, 1.165) is 12.1 Å². The minimum absolute atomic E-state index is 0.0223. The summed E-state index contributed by atoms with van der Waals surface area (Å²) in [6.45, 7) is 3.38. The van der Waals surface area contributed by atoms with E-state index in [1.165, 1.54) is 11.6 Å². The number of hydrogen-bond donors (Lipinski definition) is 1. The lowest BCUT2D eigenvalue weighted by Gasteiger charge is -2.10. The molecule has 0 unspecified atom stereocenters. The number of rotatable bonds is 7. The van der Waals surface area contributed by atoms with E-state index >= 15 is 0 Å². The highest BCUT2D eigenvalue weighted by molar-refractivity contribution is 5.91. The first-order valence-electron chi connectivity index (χ1n) is 11.2. The fourth-order valence-corrected chi connectivity index (χ4v) is 3.86. The van der Waals surface area contributed by atoms with Crippen LogP contribution in [0.5, 0.6) is 5.75 Å². The first-order chi connectivity index (χ1) is 17.4. The molecule has 0 atom stereocenters. The minimum Gasteiger partial charge on any atom is -0.494 e. The van der Waals surface area contributed by atoms with Gasteiger partial charge in [-0.1, -0.05) is 18.2 Å². The summed E-state index contributed by atoms with van der Waals surface area (Å²) in [6, 6.07) is 12.8. The molecule has 0 radical (unpaired) electrons. The van der Waals surface area contributed by atoms with Gasteiger partial charge in [-0.3, -0.25) is 9.67 Å². The van der Waals surface area contributed by atoms with E-state index in [-0.39, 0.29) is 35.2 Å². The van der Waals surface area contributed by atoms with Gasteiger partial charge in [0.25, 0.3) is 0 Å². The number of ether oxygens (including phenoxy) is 1. The van der Waals surface area contributed by atoms with Gasteiger partial charge in [0, 0.05) is 41.2 Å². The number of anilines is 2. The first kappa shape index (κ1) is 23.3. The van der Waals surface area contributed by atoms with Crippen molar-refractivity contribution in [3.8, 4) is 17.3 Å². The largest absolute Gasteiger partial charge is 0.494 e. The molecule has 2 aromatic carbocycles. The van der Waals surface area contributed by atoms with Crippen LogP contribution in [0.15, 0.2) is 60.9 Å². The number of fused-ring (bicyclic) bond motifs is 1. The molecule has 182 valence electrons. The molecule has 0 spiro atoms. The van der Waals surface area contributed by atoms with Gasteiger partial charge in [0.2, 0.25) is 0 Å². The Kier molecular flexibility index (Phi) is 6.24. The summed E-state index contributed by atoms with van der Waals surface area (Å²) in [5.74, 6) is -1.81. The molecule has 0 saturated carbocycles. The van der Waals surface area contributed by atoms with E-state index in [9.17, 15) is 13.2 Å². The zero-order chi connectivity index (χ0) is 25.2. The number of halogens is 3. The number of nitrogens with zero attached hydrogens (tertiary/aromatic N) is 5. The van der Waals surface area contributed by atoms with E-state index in [2.05, 4.69) is 25.4 Å². The van der Waals surface area contributed by atoms with Gasteiger partial charge in [0.1, 0.15) is 23.1 Å². The van der Waals surface area contributed by atoms with Crippen LogP contribution in [0.4, 0.5) is 24.7 Å². The second kappa shape index (κ2) is 9.65. The molecule has 3 aromatic heterocycles. The number of aromatic nitrogens is 5. The standard InChI is InChI=1S/C26H21F3N6O/c1-3-36-17-12-20(27)19(21(28)13-17)14-35-22-7-5-4-6-18(22)24(34-35)26-31-15(2)23(29)25(33-26)32-16-8-10-30-11-9-16/h4-13H,3,14H2,1-2H3,(H,30,31,32,33). The van der Waals surface area contributed by atoms with Crippen molar-refractivity contribution in [2.45, 2.75) is 20.4 Å². The number of nitrogens with one attached hydrogen (secondary N) is 1. The van der Waals surface area contributed by atoms with Crippen molar-refractivity contribution in [2.24, 2.45) is 0 Å². The maximum atomic E-state index is 14.8. The molecule has 0 amide bonds. The monoisotopic (exact) mass is 490 g/mol. The second-order valence-electron chi connectivity index (χ2n) is 7.98. The normalized spacial score (nSPS) is 11.1. The predicted molar refractivity (Wildman–Crippen MR) is 130 cm³/mol. The third kappa shape index (κ3) is 4.45. The topological polar surface area (TPSA) is 77.8 Å². The molecule has 0 aliphatic heterocycles. The highest BCUT2D eigenvalue weighted by atomic mass is 19.1. The van der Waals surface area contributed by atoms with Crippen molar-refractivity contribution >= 4 is 22.4 Å². The Hall–Kier alpha value is -4.47. The Balaban J connectivity index is 1.58. The van der Waals surface area contributed by atoms with Crippen LogP contribution in [0.3, 0.4) is 0 Å². The lowest BCUT2D eigenvalue weighted by molar-refractivity contribution is 0.335. The Morgan fingerprint density at radius 1 is 0.972 bits per heavy atom. The Labute approximate surface area is 204 Å².